The van der Waals surface area contributed by atoms with E-state index >= 15 is 0 Å². The third-order valence-electron chi connectivity index (χ3n) is 5.91. The number of rotatable bonds is 5. The Kier molecular flexibility index (Phi) is 5.34. The number of halogens is 4. The molecule has 0 aromatic heterocycles. The second-order valence-corrected chi connectivity index (χ2v) is 8.50. The van der Waals surface area contributed by atoms with Crippen LogP contribution in [0, 0.1) is 5.92 Å². The van der Waals surface area contributed by atoms with E-state index in [0.717, 1.165) is 42.5 Å². The molecule has 3 nitrogen and oxygen atoms in total. The van der Waals surface area contributed by atoms with Crippen LogP contribution in [-0.2, 0) is 17.4 Å². The highest BCUT2D eigenvalue weighted by Crippen LogP contribution is 2.40. The van der Waals surface area contributed by atoms with Gasteiger partial charge in [-0.1, -0.05) is 35.9 Å². The first-order valence-electron chi connectivity index (χ1n) is 9.70. The van der Waals surface area contributed by atoms with Crippen LogP contribution in [0.25, 0.3) is 0 Å². The Morgan fingerprint density at radius 1 is 1.07 bits per heavy atom. The van der Waals surface area contributed by atoms with E-state index in [2.05, 4.69) is 10.6 Å². The zero-order valence-electron chi connectivity index (χ0n) is 15.7. The van der Waals surface area contributed by atoms with Crippen molar-refractivity contribution in [1.29, 1.82) is 0 Å². The number of hydrogen-bond donors (Lipinski definition) is 2. The average Bonchev–Trinajstić information content (AvgIpc) is 3.24. The van der Waals surface area contributed by atoms with Crippen LogP contribution < -0.4 is 10.6 Å². The van der Waals surface area contributed by atoms with Gasteiger partial charge in [0.2, 0.25) is 5.91 Å². The summed E-state index contributed by atoms with van der Waals surface area (Å²) in [5, 5.41) is 7.11. The molecule has 2 aromatic rings. The Morgan fingerprint density at radius 3 is 2.31 bits per heavy atom. The Morgan fingerprint density at radius 2 is 1.72 bits per heavy atom. The number of hydrogen-bond acceptors (Lipinski definition) is 2. The molecule has 0 unspecified atom stereocenters. The van der Waals surface area contributed by atoms with E-state index in [0.29, 0.717) is 18.1 Å². The fraction of sp³-hybridized carbons (Fsp3) is 0.409. The number of nitrogens with one attached hydrogen (secondary N) is 2. The molecular formula is C22H22ClF3N2O. The van der Waals surface area contributed by atoms with Crippen molar-refractivity contribution >= 4 is 17.5 Å². The van der Waals surface area contributed by atoms with Crippen molar-refractivity contribution < 1.29 is 18.0 Å². The van der Waals surface area contributed by atoms with Crippen molar-refractivity contribution in [2.75, 3.05) is 13.1 Å². The maximum absolute atomic E-state index is 13.0. The lowest BCUT2D eigenvalue weighted by Crippen LogP contribution is -2.43. The minimum Gasteiger partial charge on any atom is -0.350 e. The molecule has 154 valence electrons. The molecule has 2 N–H and O–H groups in total. The van der Waals surface area contributed by atoms with Gasteiger partial charge in [0.15, 0.2) is 0 Å². The molecule has 2 aliphatic rings. The van der Waals surface area contributed by atoms with Crippen molar-refractivity contribution in [3.05, 3.63) is 70.2 Å². The quantitative estimate of drug-likeness (QED) is 0.742. The molecule has 7 heteroatoms. The molecule has 1 saturated carbocycles. The molecule has 2 aromatic carbocycles. The third-order valence-corrected chi connectivity index (χ3v) is 6.17. The molecule has 1 amide bonds. The van der Waals surface area contributed by atoms with Gasteiger partial charge in [-0.2, -0.15) is 13.2 Å². The van der Waals surface area contributed by atoms with Gasteiger partial charge in [0, 0.05) is 29.6 Å². The fourth-order valence-corrected chi connectivity index (χ4v) is 4.19. The summed E-state index contributed by atoms with van der Waals surface area (Å²) in [6.45, 7) is 1.10. The summed E-state index contributed by atoms with van der Waals surface area (Å²) in [7, 11) is 0. The van der Waals surface area contributed by atoms with E-state index in [1.54, 1.807) is 0 Å². The van der Waals surface area contributed by atoms with E-state index in [-0.39, 0.29) is 23.3 Å². The molecule has 1 heterocycles. The van der Waals surface area contributed by atoms with Crippen molar-refractivity contribution in [3.63, 3.8) is 0 Å². The molecule has 0 bridgehead atoms. The summed E-state index contributed by atoms with van der Waals surface area (Å²) in [6.07, 6.45) is -1.76. The normalized spacial score (nSPS) is 23.0. The van der Waals surface area contributed by atoms with E-state index in [9.17, 15) is 18.0 Å². The average molecular weight is 423 g/mol. The van der Waals surface area contributed by atoms with Crippen LogP contribution in [0.15, 0.2) is 48.5 Å². The van der Waals surface area contributed by atoms with E-state index in [1.807, 2.05) is 24.3 Å². The van der Waals surface area contributed by atoms with Gasteiger partial charge in [-0.05, 0) is 54.7 Å². The summed E-state index contributed by atoms with van der Waals surface area (Å²) < 4.78 is 38.4. The van der Waals surface area contributed by atoms with Crippen LogP contribution >= 0.6 is 11.6 Å². The zero-order chi connectivity index (χ0) is 20.6. The first kappa shape index (κ1) is 20.2. The van der Waals surface area contributed by atoms with Crippen LogP contribution in [-0.4, -0.2) is 24.5 Å². The van der Waals surface area contributed by atoms with Crippen LogP contribution in [0.2, 0.25) is 5.02 Å². The molecule has 4 rings (SSSR count). The van der Waals surface area contributed by atoms with Crippen molar-refractivity contribution in [3.8, 4) is 0 Å². The van der Waals surface area contributed by atoms with Gasteiger partial charge in [-0.25, -0.2) is 0 Å². The van der Waals surface area contributed by atoms with E-state index < -0.39 is 11.7 Å². The van der Waals surface area contributed by atoms with Crippen LogP contribution in [0.4, 0.5) is 13.2 Å². The van der Waals surface area contributed by atoms with Crippen LogP contribution in [0.3, 0.4) is 0 Å². The molecule has 1 aliphatic carbocycles. The number of benzene rings is 2. The smallest absolute Gasteiger partial charge is 0.350 e. The Labute approximate surface area is 172 Å². The summed E-state index contributed by atoms with van der Waals surface area (Å²) in [5.74, 6) is -0.468. The van der Waals surface area contributed by atoms with Gasteiger partial charge in [0.25, 0.3) is 0 Å². The molecule has 29 heavy (non-hydrogen) atoms. The van der Waals surface area contributed by atoms with Gasteiger partial charge in [-0.15, -0.1) is 0 Å². The van der Waals surface area contributed by atoms with Crippen LogP contribution in [0.1, 0.15) is 35.4 Å². The predicted octanol–water partition coefficient (Wildman–Crippen LogP) is 4.55. The summed E-state index contributed by atoms with van der Waals surface area (Å²) in [5.41, 5.74) is 0.980. The molecular weight excluding hydrogens is 401 g/mol. The van der Waals surface area contributed by atoms with E-state index in [1.165, 1.54) is 12.1 Å². The zero-order valence-corrected chi connectivity index (χ0v) is 16.5. The highest BCUT2D eigenvalue weighted by Gasteiger charge is 2.46. The maximum Gasteiger partial charge on any atom is 0.416 e. The minimum atomic E-state index is -4.36. The first-order valence-corrected chi connectivity index (χ1v) is 10.1. The lowest BCUT2D eigenvalue weighted by atomic mass is 9.87. The molecule has 0 radical (unpaired) electrons. The largest absolute Gasteiger partial charge is 0.416 e. The molecule has 0 spiro atoms. The monoisotopic (exact) mass is 422 g/mol. The summed E-state index contributed by atoms with van der Waals surface area (Å²) in [6, 6.07) is 12.8. The van der Waals surface area contributed by atoms with E-state index in [4.69, 9.17) is 11.6 Å². The Hall–Kier alpha value is -2.05. The lowest BCUT2D eigenvalue weighted by Gasteiger charge is -2.24. The number of amides is 1. The predicted molar refractivity (Wildman–Crippen MR) is 106 cm³/mol. The van der Waals surface area contributed by atoms with Gasteiger partial charge >= 0.3 is 6.18 Å². The SMILES string of the molecule is O=C(NC1(Cc2ccc(Cl)cc2)CC1)[C@@H]1CNC[C@H]1c1ccc(C(F)(F)F)cc1. The van der Waals surface area contributed by atoms with Crippen molar-refractivity contribution in [1.82, 2.24) is 10.6 Å². The van der Waals surface area contributed by atoms with Gasteiger partial charge < -0.3 is 10.6 Å². The number of alkyl halides is 3. The fourth-order valence-electron chi connectivity index (χ4n) is 4.07. The number of carbonyl (C=O) groups excluding carboxylic acids is 1. The Bertz CT molecular complexity index is 876. The summed E-state index contributed by atoms with van der Waals surface area (Å²) in [4.78, 5) is 13.0. The molecule has 2 fully saturated rings. The van der Waals surface area contributed by atoms with Crippen molar-refractivity contribution in [2.45, 2.75) is 36.9 Å². The molecule has 1 saturated heterocycles. The van der Waals surface area contributed by atoms with Gasteiger partial charge in [0.1, 0.15) is 0 Å². The summed E-state index contributed by atoms with van der Waals surface area (Å²) >= 11 is 5.94. The lowest BCUT2D eigenvalue weighted by molar-refractivity contribution is -0.137. The highest BCUT2D eigenvalue weighted by atomic mass is 35.5. The molecule has 2 atom stereocenters. The van der Waals surface area contributed by atoms with Crippen LogP contribution in [0.5, 0.6) is 0 Å². The van der Waals surface area contributed by atoms with Crippen molar-refractivity contribution in [2.24, 2.45) is 5.92 Å². The van der Waals surface area contributed by atoms with Gasteiger partial charge in [0.05, 0.1) is 11.5 Å². The minimum absolute atomic E-state index is 0.0358. The second-order valence-electron chi connectivity index (χ2n) is 8.06. The molecule has 1 aliphatic heterocycles. The highest BCUT2D eigenvalue weighted by molar-refractivity contribution is 6.30. The number of carbonyl (C=O) groups is 1. The standard InChI is InChI=1S/C22H22ClF3N2O/c23-17-7-1-14(2-8-17)11-21(9-10-21)28-20(29)19-13-27-12-18(19)15-3-5-16(6-4-15)22(24,25)26/h1-8,18-19,27H,9-13H2,(H,28,29)/t18-,19+/m0/s1. The Balaban J connectivity index is 1.43. The second kappa shape index (κ2) is 7.65. The van der Waals surface area contributed by atoms with Gasteiger partial charge in [-0.3, -0.25) is 4.79 Å². The third kappa shape index (κ3) is 4.59. The maximum atomic E-state index is 13.0. The topological polar surface area (TPSA) is 41.1 Å². The first-order chi connectivity index (χ1) is 13.8.